The van der Waals surface area contributed by atoms with Gasteiger partial charge in [-0.05, 0) is 17.7 Å². The van der Waals surface area contributed by atoms with E-state index in [9.17, 15) is 4.79 Å². The first-order chi connectivity index (χ1) is 10.1. The maximum Gasteiger partial charge on any atom is 0.240 e. The third-order valence-electron chi connectivity index (χ3n) is 3.40. The number of rotatable bonds is 3. The highest BCUT2D eigenvalue weighted by Crippen LogP contribution is 2.26. The predicted octanol–water partition coefficient (Wildman–Crippen LogP) is 2.43. The number of hydrogen-bond donors (Lipinski definition) is 1. The first-order valence-corrected chi connectivity index (χ1v) is 7.57. The largest absolute Gasteiger partial charge is 0.329 e. The van der Waals surface area contributed by atoms with Crippen LogP contribution in [0.15, 0.2) is 51.8 Å². The summed E-state index contributed by atoms with van der Waals surface area (Å²) in [5.41, 5.74) is 4.53. The molecule has 0 saturated heterocycles. The molecule has 1 N–H and O–H groups in total. The molecule has 0 aliphatic carbocycles. The molecule has 0 saturated carbocycles. The number of imidazole rings is 1. The maximum atomic E-state index is 11.3. The number of nitrogens with zero attached hydrogens (tertiary/aromatic N) is 3. The molecule has 6 heteroatoms. The molecular formula is C15H16N4OS. The second kappa shape index (κ2) is 5.73. The number of hydrazone groups is 1. The van der Waals surface area contributed by atoms with E-state index in [0.717, 1.165) is 21.3 Å². The topological polar surface area (TPSA) is 59.3 Å². The summed E-state index contributed by atoms with van der Waals surface area (Å²) in [6, 6.07) is 8.19. The van der Waals surface area contributed by atoms with Crippen molar-refractivity contribution >= 4 is 23.4 Å². The number of amides is 1. The summed E-state index contributed by atoms with van der Waals surface area (Å²) in [4.78, 5) is 16.7. The van der Waals surface area contributed by atoms with Gasteiger partial charge in [0.05, 0.1) is 5.71 Å². The second-order valence-electron chi connectivity index (χ2n) is 5.08. The lowest BCUT2D eigenvalue weighted by Gasteiger charge is -2.19. The minimum Gasteiger partial charge on any atom is -0.329 e. The molecule has 1 aromatic carbocycles. The average molecular weight is 300 g/mol. The molecule has 21 heavy (non-hydrogen) atoms. The number of aromatic nitrogens is 2. The van der Waals surface area contributed by atoms with Gasteiger partial charge < -0.3 is 4.57 Å². The molecule has 2 heterocycles. The predicted molar refractivity (Wildman–Crippen MR) is 82.2 cm³/mol. The molecule has 108 valence electrons. The Morgan fingerprint density at radius 1 is 1.33 bits per heavy atom. The fourth-order valence-corrected chi connectivity index (χ4v) is 3.05. The number of carbonyl (C=O) groups is 1. The first kappa shape index (κ1) is 13.9. The summed E-state index contributed by atoms with van der Waals surface area (Å²) in [5, 5.41) is 5.13. The second-order valence-corrected chi connectivity index (χ2v) is 6.13. The van der Waals surface area contributed by atoms with Gasteiger partial charge in [-0.2, -0.15) is 5.10 Å². The van der Waals surface area contributed by atoms with E-state index >= 15 is 0 Å². The van der Waals surface area contributed by atoms with Crippen LogP contribution < -0.4 is 5.43 Å². The summed E-state index contributed by atoms with van der Waals surface area (Å²) < 4.78 is 1.99. The molecule has 5 nitrogen and oxygen atoms in total. The molecule has 1 aromatic heterocycles. The van der Waals surface area contributed by atoms with E-state index in [1.807, 2.05) is 36.9 Å². The highest BCUT2D eigenvalue weighted by Gasteiger charge is 2.21. The van der Waals surface area contributed by atoms with E-state index < -0.39 is 0 Å². The van der Waals surface area contributed by atoms with Gasteiger partial charge >= 0.3 is 0 Å². The van der Waals surface area contributed by atoms with E-state index in [2.05, 4.69) is 27.6 Å². The highest BCUT2D eigenvalue weighted by atomic mass is 32.2. The Bertz CT molecular complexity index is 690. The van der Waals surface area contributed by atoms with Crippen LogP contribution in [0.4, 0.5) is 0 Å². The molecule has 3 rings (SSSR count). The van der Waals surface area contributed by atoms with Crippen LogP contribution in [-0.4, -0.2) is 21.2 Å². The van der Waals surface area contributed by atoms with E-state index in [0.29, 0.717) is 6.42 Å². The number of aryl methyl sites for hydroxylation is 1. The highest BCUT2D eigenvalue weighted by molar-refractivity contribution is 7.99. The zero-order valence-corrected chi connectivity index (χ0v) is 12.7. The average Bonchev–Trinajstić information content (AvgIpc) is 2.86. The van der Waals surface area contributed by atoms with Crippen molar-refractivity contribution in [2.75, 3.05) is 0 Å². The molecule has 1 unspecified atom stereocenters. The van der Waals surface area contributed by atoms with Crippen molar-refractivity contribution in [3.05, 3.63) is 42.2 Å². The lowest BCUT2D eigenvalue weighted by Crippen LogP contribution is -2.31. The van der Waals surface area contributed by atoms with Crippen molar-refractivity contribution in [3.8, 4) is 0 Å². The minimum absolute atomic E-state index is 0.0202. The monoisotopic (exact) mass is 300 g/mol. The van der Waals surface area contributed by atoms with Crippen molar-refractivity contribution in [2.24, 2.45) is 18.1 Å². The van der Waals surface area contributed by atoms with Crippen LogP contribution in [0.1, 0.15) is 18.9 Å². The molecule has 0 spiro atoms. The normalized spacial score (nSPS) is 18.3. The van der Waals surface area contributed by atoms with E-state index in [4.69, 9.17) is 0 Å². The Kier molecular flexibility index (Phi) is 3.79. The first-order valence-electron chi connectivity index (χ1n) is 6.75. The maximum absolute atomic E-state index is 11.3. The zero-order valence-electron chi connectivity index (χ0n) is 11.9. The zero-order chi connectivity index (χ0) is 14.8. The molecule has 0 radical (unpaired) electrons. The van der Waals surface area contributed by atoms with Crippen LogP contribution in [0.25, 0.3) is 0 Å². The smallest absolute Gasteiger partial charge is 0.240 e. The molecular weight excluding hydrogens is 284 g/mol. The van der Waals surface area contributed by atoms with Gasteiger partial charge in [0.15, 0.2) is 5.16 Å². The van der Waals surface area contributed by atoms with Crippen LogP contribution in [0.5, 0.6) is 0 Å². The van der Waals surface area contributed by atoms with Gasteiger partial charge in [-0.3, -0.25) is 4.79 Å². The van der Waals surface area contributed by atoms with E-state index in [-0.39, 0.29) is 11.8 Å². The summed E-state index contributed by atoms with van der Waals surface area (Å²) in [6.07, 6.45) is 4.21. The Labute approximate surface area is 127 Å². The van der Waals surface area contributed by atoms with Crippen LogP contribution in [0.3, 0.4) is 0 Å². The van der Waals surface area contributed by atoms with Crippen molar-refractivity contribution in [2.45, 2.75) is 23.4 Å². The summed E-state index contributed by atoms with van der Waals surface area (Å²) in [6.45, 7) is 2.02. The van der Waals surface area contributed by atoms with Gasteiger partial charge in [0.25, 0.3) is 0 Å². The van der Waals surface area contributed by atoms with Gasteiger partial charge in [-0.25, -0.2) is 10.4 Å². The van der Waals surface area contributed by atoms with Crippen molar-refractivity contribution in [1.29, 1.82) is 0 Å². The Morgan fingerprint density at radius 2 is 2.10 bits per heavy atom. The number of carbonyl (C=O) groups excluding carboxylic acids is 1. The fraction of sp³-hybridized carbons (Fsp3) is 0.267. The van der Waals surface area contributed by atoms with Crippen molar-refractivity contribution in [3.63, 3.8) is 0 Å². The van der Waals surface area contributed by atoms with Crippen LogP contribution in [0, 0.1) is 5.92 Å². The molecule has 0 bridgehead atoms. The molecule has 1 aliphatic rings. The van der Waals surface area contributed by atoms with Crippen LogP contribution in [0.2, 0.25) is 0 Å². The number of benzene rings is 1. The molecule has 1 aliphatic heterocycles. The standard InChI is InChI=1S/C15H16N4OS/c1-10-9-13(20)17-18-14(10)11-3-5-12(6-4-11)21-15-16-7-8-19(15)2/h3-8,10H,9H2,1-2H3,(H,17,20). The van der Waals surface area contributed by atoms with Gasteiger partial charge in [0.2, 0.25) is 5.91 Å². The molecule has 0 fully saturated rings. The summed E-state index contributed by atoms with van der Waals surface area (Å²) in [7, 11) is 1.98. The summed E-state index contributed by atoms with van der Waals surface area (Å²) >= 11 is 1.62. The Hall–Kier alpha value is -2.08. The quantitative estimate of drug-likeness (QED) is 0.947. The lowest BCUT2D eigenvalue weighted by atomic mass is 9.94. The minimum atomic E-state index is -0.0202. The number of nitrogens with one attached hydrogen (secondary N) is 1. The lowest BCUT2D eigenvalue weighted by molar-refractivity contribution is -0.121. The third-order valence-corrected chi connectivity index (χ3v) is 4.48. The fourth-order valence-electron chi connectivity index (χ4n) is 2.25. The van der Waals surface area contributed by atoms with Crippen LogP contribution >= 0.6 is 11.8 Å². The van der Waals surface area contributed by atoms with Gasteiger partial charge in [0, 0.05) is 36.7 Å². The number of hydrogen-bond acceptors (Lipinski definition) is 4. The van der Waals surface area contributed by atoms with Crippen LogP contribution in [-0.2, 0) is 11.8 Å². The van der Waals surface area contributed by atoms with Gasteiger partial charge in [0.1, 0.15) is 0 Å². The summed E-state index contributed by atoms with van der Waals surface area (Å²) in [5.74, 6) is 0.125. The van der Waals surface area contributed by atoms with Crippen molar-refractivity contribution in [1.82, 2.24) is 15.0 Å². The Morgan fingerprint density at radius 3 is 2.71 bits per heavy atom. The molecule has 1 amide bonds. The Balaban J connectivity index is 1.78. The molecule has 1 atom stereocenters. The van der Waals surface area contributed by atoms with Gasteiger partial charge in [-0.1, -0.05) is 30.8 Å². The van der Waals surface area contributed by atoms with Crippen molar-refractivity contribution < 1.29 is 4.79 Å². The van der Waals surface area contributed by atoms with E-state index in [1.54, 1.807) is 18.0 Å². The third kappa shape index (κ3) is 3.00. The SMILES string of the molecule is CC1CC(=O)NN=C1c1ccc(Sc2nccn2C)cc1. The van der Waals surface area contributed by atoms with Gasteiger partial charge in [-0.15, -0.1) is 0 Å². The van der Waals surface area contributed by atoms with E-state index in [1.165, 1.54) is 0 Å². The molecule has 2 aromatic rings.